The van der Waals surface area contributed by atoms with Crippen LogP contribution in [0, 0.1) is 12.8 Å². The molecule has 0 radical (unpaired) electrons. The lowest BCUT2D eigenvalue weighted by Gasteiger charge is -2.40. The first-order chi connectivity index (χ1) is 7.08. The van der Waals surface area contributed by atoms with Gasteiger partial charge in [0.2, 0.25) is 0 Å². The zero-order valence-electron chi connectivity index (χ0n) is 8.80. The number of thiazole rings is 1. The second-order valence-electron chi connectivity index (χ2n) is 3.96. The van der Waals surface area contributed by atoms with Crippen molar-refractivity contribution in [2.75, 3.05) is 13.1 Å². The second kappa shape index (κ2) is 3.90. The molecule has 1 aliphatic rings. The Hall–Kier alpha value is -0.940. The lowest BCUT2D eigenvalue weighted by molar-refractivity contribution is -0.148. The number of aromatic nitrogens is 1. The van der Waals surface area contributed by atoms with E-state index in [2.05, 4.69) is 16.8 Å². The van der Waals surface area contributed by atoms with Gasteiger partial charge in [-0.15, -0.1) is 11.3 Å². The molecule has 1 fully saturated rings. The van der Waals surface area contributed by atoms with Gasteiger partial charge in [-0.25, -0.2) is 4.98 Å². The lowest BCUT2D eigenvalue weighted by Crippen LogP contribution is -2.51. The van der Waals surface area contributed by atoms with E-state index >= 15 is 0 Å². The first-order valence-corrected chi connectivity index (χ1v) is 5.84. The minimum Gasteiger partial charge on any atom is -0.481 e. The van der Waals surface area contributed by atoms with Crippen LogP contribution in [0.4, 0.5) is 0 Å². The van der Waals surface area contributed by atoms with E-state index in [1.54, 1.807) is 11.3 Å². The van der Waals surface area contributed by atoms with Gasteiger partial charge in [0, 0.05) is 18.5 Å². The van der Waals surface area contributed by atoms with E-state index in [9.17, 15) is 4.79 Å². The normalized spacial score (nSPS) is 19.9. The molecule has 4 nitrogen and oxygen atoms in total. The molecule has 0 spiro atoms. The summed E-state index contributed by atoms with van der Waals surface area (Å²) in [6.07, 6.45) is 0. The third kappa shape index (κ3) is 2.03. The number of hydrogen-bond donors (Lipinski definition) is 1. The number of hydrogen-bond acceptors (Lipinski definition) is 4. The van der Waals surface area contributed by atoms with Gasteiger partial charge in [0.1, 0.15) is 0 Å². The number of likely N-dealkylation sites (tertiary alicyclic amines) is 1. The lowest BCUT2D eigenvalue weighted by atomic mass is 9.97. The minimum atomic E-state index is -0.687. The van der Waals surface area contributed by atoms with Crippen molar-refractivity contribution in [1.29, 1.82) is 0 Å². The molecule has 0 saturated carbocycles. The number of rotatable bonds is 3. The Morgan fingerprint density at radius 3 is 2.87 bits per heavy atom. The monoisotopic (exact) mass is 226 g/mol. The van der Waals surface area contributed by atoms with Gasteiger partial charge in [-0.2, -0.15) is 0 Å². The molecule has 82 valence electrons. The molecule has 1 aliphatic heterocycles. The molecule has 1 atom stereocenters. The molecule has 5 heteroatoms. The van der Waals surface area contributed by atoms with Crippen molar-refractivity contribution in [3.8, 4) is 0 Å². The van der Waals surface area contributed by atoms with Gasteiger partial charge >= 0.3 is 5.97 Å². The third-order valence-corrected chi connectivity index (χ3v) is 3.66. The number of carboxylic acids is 1. The van der Waals surface area contributed by atoms with Crippen molar-refractivity contribution >= 4 is 17.3 Å². The summed E-state index contributed by atoms with van der Waals surface area (Å²) in [5, 5.41) is 11.9. The molecule has 1 saturated heterocycles. The Morgan fingerprint density at radius 2 is 2.40 bits per heavy atom. The van der Waals surface area contributed by atoms with Crippen LogP contribution in [0.1, 0.15) is 23.7 Å². The Kier molecular flexibility index (Phi) is 2.75. The molecule has 1 aromatic rings. The Labute approximate surface area is 92.6 Å². The summed E-state index contributed by atoms with van der Waals surface area (Å²) < 4.78 is 0. The van der Waals surface area contributed by atoms with Gasteiger partial charge in [0.25, 0.3) is 0 Å². The topological polar surface area (TPSA) is 53.4 Å². The average molecular weight is 226 g/mol. The van der Waals surface area contributed by atoms with Crippen LogP contribution in [0.3, 0.4) is 0 Å². The minimum absolute atomic E-state index is 0.188. The molecule has 1 N–H and O–H groups in total. The summed E-state index contributed by atoms with van der Waals surface area (Å²) in [6.45, 7) is 5.35. The number of carbonyl (C=O) groups is 1. The van der Waals surface area contributed by atoms with Crippen molar-refractivity contribution in [3.05, 3.63) is 16.1 Å². The molecule has 2 rings (SSSR count). The summed E-state index contributed by atoms with van der Waals surface area (Å²) in [5.74, 6) is -0.875. The number of nitrogens with zero attached hydrogens (tertiary/aromatic N) is 2. The van der Waals surface area contributed by atoms with Crippen LogP contribution >= 0.6 is 11.3 Å². The molecule has 0 amide bonds. The maximum atomic E-state index is 10.7. The highest BCUT2D eigenvalue weighted by Gasteiger charge is 2.36. The highest BCUT2D eigenvalue weighted by Crippen LogP contribution is 2.28. The van der Waals surface area contributed by atoms with Crippen LogP contribution in [-0.2, 0) is 4.79 Å². The molecule has 0 aliphatic carbocycles. The predicted molar refractivity (Wildman–Crippen MR) is 58.0 cm³/mol. The van der Waals surface area contributed by atoms with Crippen LogP contribution in [0.5, 0.6) is 0 Å². The maximum absolute atomic E-state index is 10.7. The molecular weight excluding hydrogens is 212 g/mol. The fourth-order valence-corrected chi connectivity index (χ4v) is 2.44. The predicted octanol–water partition coefficient (Wildman–Crippen LogP) is 1.53. The maximum Gasteiger partial charge on any atom is 0.309 e. The Morgan fingerprint density at radius 1 is 1.73 bits per heavy atom. The van der Waals surface area contributed by atoms with Gasteiger partial charge in [-0.05, 0) is 13.8 Å². The van der Waals surface area contributed by atoms with Crippen LogP contribution in [0.2, 0.25) is 0 Å². The van der Waals surface area contributed by atoms with E-state index in [1.807, 2.05) is 12.3 Å². The third-order valence-electron chi connectivity index (χ3n) is 2.87. The van der Waals surface area contributed by atoms with E-state index in [1.165, 1.54) is 0 Å². The smallest absolute Gasteiger partial charge is 0.309 e. The first-order valence-electron chi connectivity index (χ1n) is 4.97. The molecular formula is C10H14N2O2S. The summed E-state index contributed by atoms with van der Waals surface area (Å²) in [5.41, 5.74) is 1.06. The Bertz CT molecular complexity index is 371. The fraction of sp³-hybridized carbons (Fsp3) is 0.600. The molecule has 1 unspecified atom stereocenters. The number of carboxylic acid groups (broad SMARTS) is 1. The van der Waals surface area contributed by atoms with Crippen LogP contribution in [0.15, 0.2) is 5.38 Å². The van der Waals surface area contributed by atoms with Crippen molar-refractivity contribution in [1.82, 2.24) is 9.88 Å². The van der Waals surface area contributed by atoms with Crippen LogP contribution < -0.4 is 0 Å². The van der Waals surface area contributed by atoms with Gasteiger partial charge in [0.15, 0.2) is 0 Å². The van der Waals surface area contributed by atoms with E-state index in [0.29, 0.717) is 13.1 Å². The van der Waals surface area contributed by atoms with Crippen molar-refractivity contribution in [3.63, 3.8) is 0 Å². The quantitative estimate of drug-likeness (QED) is 0.849. The van der Waals surface area contributed by atoms with Crippen molar-refractivity contribution < 1.29 is 9.90 Å². The van der Waals surface area contributed by atoms with Gasteiger partial charge in [0.05, 0.1) is 22.7 Å². The molecule has 0 bridgehead atoms. The van der Waals surface area contributed by atoms with Gasteiger partial charge in [-0.1, -0.05) is 0 Å². The number of aryl methyl sites for hydroxylation is 1. The largest absolute Gasteiger partial charge is 0.481 e. The molecule has 15 heavy (non-hydrogen) atoms. The van der Waals surface area contributed by atoms with E-state index in [-0.39, 0.29) is 12.0 Å². The summed E-state index contributed by atoms with van der Waals surface area (Å²) in [7, 11) is 0. The summed E-state index contributed by atoms with van der Waals surface area (Å²) in [4.78, 5) is 17.2. The zero-order chi connectivity index (χ0) is 11.0. The van der Waals surface area contributed by atoms with Gasteiger partial charge in [-0.3, -0.25) is 9.69 Å². The summed E-state index contributed by atoms with van der Waals surface area (Å²) >= 11 is 1.64. The van der Waals surface area contributed by atoms with Gasteiger partial charge < -0.3 is 5.11 Å². The highest BCUT2D eigenvalue weighted by molar-refractivity contribution is 7.09. The SMILES string of the molecule is Cc1nc(C(C)N2CC(C(=O)O)C2)cs1. The van der Waals surface area contributed by atoms with Crippen molar-refractivity contribution in [2.24, 2.45) is 5.92 Å². The van der Waals surface area contributed by atoms with E-state index in [4.69, 9.17) is 5.11 Å². The van der Waals surface area contributed by atoms with E-state index in [0.717, 1.165) is 10.7 Å². The zero-order valence-corrected chi connectivity index (χ0v) is 9.62. The second-order valence-corrected chi connectivity index (χ2v) is 5.02. The number of aliphatic carboxylic acids is 1. The Balaban J connectivity index is 1.94. The molecule has 2 heterocycles. The standard InChI is InChI=1S/C10H14N2O2S/c1-6(9-5-15-7(2)11-9)12-3-8(4-12)10(13)14/h5-6,8H,3-4H2,1-2H3,(H,13,14). The fourth-order valence-electron chi connectivity index (χ4n) is 1.74. The molecule has 0 aromatic carbocycles. The summed E-state index contributed by atoms with van der Waals surface area (Å²) in [6, 6.07) is 0.241. The molecule has 1 aromatic heterocycles. The first kappa shape index (κ1) is 10.6. The highest BCUT2D eigenvalue weighted by atomic mass is 32.1. The van der Waals surface area contributed by atoms with Crippen molar-refractivity contribution in [2.45, 2.75) is 19.9 Å². The van der Waals surface area contributed by atoms with Crippen LogP contribution in [0.25, 0.3) is 0 Å². The average Bonchev–Trinajstić information content (AvgIpc) is 2.48. The van der Waals surface area contributed by atoms with E-state index < -0.39 is 5.97 Å². The van der Waals surface area contributed by atoms with Crippen LogP contribution in [-0.4, -0.2) is 34.0 Å².